The molecule has 2 atom stereocenters. The molecular weight excluding hydrogens is 246 g/mol. The summed E-state index contributed by atoms with van der Waals surface area (Å²) in [6.07, 6.45) is 0.892. The van der Waals surface area contributed by atoms with Crippen molar-refractivity contribution in [3.8, 4) is 0 Å². The Bertz CT molecular complexity index is 247. The number of rotatable bonds is 8. The summed E-state index contributed by atoms with van der Waals surface area (Å²) in [6, 6.07) is -1.14. The monoisotopic (exact) mass is 265 g/mol. The molecule has 0 spiro atoms. The van der Waals surface area contributed by atoms with Gasteiger partial charge in [0.15, 0.2) is 6.29 Å². The Kier molecular flexibility index (Phi) is 9.10. The lowest BCUT2D eigenvalue weighted by molar-refractivity contribution is -0.129. The van der Waals surface area contributed by atoms with Crippen LogP contribution in [0.2, 0.25) is 0 Å². The van der Waals surface area contributed by atoms with E-state index >= 15 is 0 Å². The molecule has 0 aliphatic heterocycles. The van der Waals surface area contributed by atoms with Crippen molar-refractivity contribution in [1.29, 1.82) is 0 Å². The molecule has 0 saturated carbocycles. The number of thiol groups is 1. The summed E-state index contributed by atoms with van der Waals surface area (Å²) in [6.45, 7) is -0.588. The number of hydrogen-bond acceptors (Lipinski definition) is 6. The van der Waals surface area contributed by atoms with Crippen molar-refractivity contribution < 1.29 is 25.2 Å². The molecule has 7 heteroatoms. The Morgan fingerprint density at radius 1 is 1.35 bits per heavy atom. The van der Waals surface area contributed by atoms with Gasteiger partial charge in [0.1, 0.15) is 6.04 Å². The van der Waals surface area contributed by atoms with Crippen molar-refractivity contribution >= 4 is 18.5 Å². The highest BCUT2D eigenvalue weighted by molar-refractivity contribution is 7.80. The number of carbonyl (C=O) groups excluding carboxylic acids is 1. The van der Waals surface area contributed by atoms with Crippen LogP contribution in [0.1, 0.15) is 12.8 Å². The molecule has 0 saturated heterocycles. The maximum Gasteiger partial charge on any atom is 0.223 e. The van der Waals surface area contributed by atoms with E-state index in [2.05, 4.69) is 17.9 Å². The average molecular weight is 265 g/mol. The van der Waals surface area contributed by atoms with E-state index in [-0.39, 0.29) is 6.42 Å². The maximum absolute atomic E-state index is 11.3. The topological polar surface area (TPSA) is 110 Å². The summed E-state index contributed by atoms with van der Waals surface area (Å²) >= 11 is 3.98. The number of nitrogens with one attached hydrogen (secondary N) is 1. The van der Waals surface area contributed by atoms with Gasteiger partial charge in [-0.2, -0.15) is 12.6 Å². The SMILES string of the molecule is O=C(CC(O)/C=C/CCS)N[C@H](CO)C(O)O. The van der Waals surface area contributed by atoms with Gasteiger partial charge in [0.25, 0.3) is 0 Å². The van der Waals surface area contributed by atoms with Crippen molar-refractivity contribution in [2.24, 2.45) is 0 Å². The standard InChI is InChI=1S/C10H19NO5S/c12-6-8(10(15)16)11-9(14)5-7(13)3-1-2-4-17/h1,3,7-8,10,12-13,15-17H,2,4-6H2,(H,11,14)/b3-1+/t7?,8-/m1/s1. The van der Waals surface area contributed by atoms with Crippen LogP contribution in [0, 0.1) is 0 Å². The fourth-order valence-electron chi connectivity index (χ4n) is 1.07. The van der Waals surface area contributed by atoms with Crippen molar-refractivity contribution in [3.05, 3.63) is 12.2 Å². The largest absolute Gasteiger partial charge is 0.394 e. The Morgan fingerprint density at radius 2 is 2.00 bits per heavy atom. The van der Waals surface area contributed by atoms with Gasteiger partial charge in [-0.1, -0.05) is 12.2 Å². The summed E-state index contributed by atoms with van der Waals surface area (Å²) in [7, 11) is 0. The molecule has 0 aliphatic carbocycles. The second-order valence-corrected chi connectivity index (χ2v) is 3.93. The molecular formula is C10H19NO5S. The van der Waals surface area contributed by atoms with E-state index in [1.54, 1.807) is 6.08 Å². The van der Waals surface area contributed by atoms with E-state index in [0.717, 1.165) is 0 Å². The molecule has 0 fully saturated rings. The normalized spacial score (nSPS) is 15.2. The molecule has 1 amide bonds. The highest BCUT2D eigenvalue weighted by Gasteiger charge is 2.18. The zero-order valence-electron chi connectivity index (χ0n) is 9.36. The Hall–Kier alpha value is -0.600. The molecule has 0 aromatic carbocycles. The van der Waals surface area contributed by atoms with Crippen molar-refractivity contribution in [3.63, 3.8) is 0 Å². The molecule has 17 heavy (non-hydrogen) atoms. The third-order valence-electron chi connectivity index (χ3n) is 1.95. The van der Waals surface area contributed by atoms with E-state index in [1.165, 1.54) is 6.08 Å². The number of aliphatic hydroxyl groups is 4. The van der Waals surface area contributed by atoms with Gasteiger partial charge >= 0.3 is 0 Å². The maximum atomic E-state index is 11.3. The Morgan fingerprint density at radius 3 is 2.47 bits per heavy atom. The van der Waals surface area contributed by atoms with Crippen LogP contribution in [0.25, 0.3) is 0 Å². The Labute approximate surface area is 105 Å². The van der Waals surface area contributed by atoms with Gasteiger partial charge in [-0.3, -0.25) is 4.79 Å². The van der Waals surface area contributed by atoms with Gasteiger partial charge in [-0.15, -0.1) is 0 Å². The zero-order valence-corrected chi connectivity index (χ0v) is 10.3. The predicted molar refractivity (Wildman–Crippen MR) is 65.5 cm³/mol. The van der Waals surface area contributed by atoms with E-state index in [1.807, 2.05) is 0 Å². The molecule has 0 heterocycles. The van der Waals surface area contributed by atoms with E-state index in [0.29, 0.717) is 12.2 Å². The first-order chi connectivity index (χ1) is 8.01. The van der Waals surface area contributed by atoms with Crippen LogP contribution in [-0.4, -0.2) is 57.1 Å². The smallest absolute Gasteiger partial charge is 0.223 e. The molecule has 6 nitrogen and oxygen atoms in total. The third-order valence-corrected chi connectivity index (χ3v) is 2.21. The first-order valence-electron chi connectivity index (χ1n) is 5.23. The van der Waals surface area contributed by atoms with E-state index < -0.39 is 30.9 Å². The lowest BCUT2D eigenvalue weighted by Crippen LogP contribution is -2.46. The Balaban J connectivity index is 3.99. The van der Waals surface area contributed by atoms with Crippen LogP contribution >= 0.6 is 12.6 Å². The average Bonchev–Trinajstić information content (AvgIpc) is 2.25. The quantitative estimate of drug-likeness (QED) is 0.180. The number of amides is 1. The molecule has 100 valence electrons. The second-order valence-electron chi connectivity index (χ2n) is 3.48. The summed E-state index contributed by atoms with van der Waals surface area (Å²) in [5, 5.41) is 37.9. The minimum absolute atomic E-state index is 0.202. The van der Waals surface area contributed by atoms with Crippen LogP contribution in [-0.2, 0) is 4.79 Å². The van der Waals surface area contributed by atoms with Crippen LogP contribution < -0.4 is 5.32 Å². The molecule has 5 N–H and O–H groups in total. The van der Waals surface area contributed by atoms with E-state index in [9.17, 15) is 9.90 Å². The summed E-state index contributed by atoms with van der Waals surface area (Å²) in [5.74, 6) is 0.0822. The predicted octanol–water partition coefficient (Wildman–Crippen LogP) is -1.60. The molecule has 0 aromatic rings. The number of aliphatic hydroxyl groups excluding tert-OH is 3. The number of hydrogen-bond donors (Lipinski definition) is 6. The van der Waals surface area contributed by atoms with E-state index in [4.69, 9.17) is 15.3 Å². The van der Waals surface area contributed by atoms with Crippen LogP contribution in [0.4, 0.5) is 0 Å². The third kappa shape index (κ3) is 8.17. The van der Waals surface area contributed by atoms with Crippen molar-refractivity contribution in [2.75, 3.05) is 12.4 Å². The molecule has 0 rings (SSSR count). The van der Waals surface area contributed by atoms with Crippen molar-refractivity contribution in [2.45, 2.75) is 31.3 Å². The molecule has 0 aromatic heterocycles. The highest BCUT2D eigenvalue weighted by atomic mass is 32.1. The van der Waals surface area contributed by atoms with Crippen LogP contribution in [0.15, 0.2) is 12.2 Å². The van der Waals surface area contributed by atoms with Gasteiger partial charge < -0.3 is 25.7 Å². The minimum Gasteiger partial charge on any atom is -0.394 e. The van der Waals surface area contributed by atoms with Gasteiger partial charge in [0.2, 0.25) is 5.91 Å². The first kappa shape index (κ1) is 16.4. The number of allylic oxidation sites excluding steroid dienone is 1. The van der Waals surface area contributed by atoms with Crippen LogP contribution in [0.5, 0.6) is 0 Å². The van der Waals surface area contributed by atoms with Crippen molar-refractivity contribution in [1.82, 2.24) is 5.32 Å². The van der Waals surface area contributed by atoms with Gasteiger partial charge in [-0.25, -0.2) is 0 Å². The molecule has 0 bridgehead atoms. The lowest BCUT2D eigenvalue weighted by atomic mass is 10.2. The number of carbonyl (C=O) groups is 1. The lowest BCUT2D eigenvalue weighted by Gasteiger charge is -2.18. The minimum atomic E-state index is -1.83. The molecule has 0 aliphatic rings. The fourth-order valence-corrected chi connectivity index (χ4v) is 1.22. The summed E-state index contributed by atoms with van der Waals surface area (Å²) in [4.78, 5) is 11.3. The summed E-state index contributed by atoms with van der Waals surface area (Å²) in [5.41, 5.74) is 0. The zero-order chi connectivity index (χ0) is 13.3. The first-order valence-corrected chi connectivity index (χ1v) is 5.86. The van der Waals surface area contributed by atoms with Gasteiger partial charge in [0.05, 0.1) is 19.1 Å². The fraction of sp³-hybridized carbons (Fsp3) is 0.700. The highest BCUT2D eigenvalue weighted by Crippen LogP contribution is 1.98. The van der Waals surface area contributed by atoms with Crippen LogP contribution in [0.3, 0.4) is 0 Å². The molecule has 0 radical (unpaired) electrons. The molecule has 1 unspecified atom stereocenters. The summed E-state index contributed by atoms with van der Waals surface area (Å²) < 4.78 is 0. The van der Waals surface area contributed by atoms with Gasteiger partial charge in [0, 0.05) is 0 Å². The second kappa shape index (κ2) is 9.43. The van der Waals surface area contributed by atoms with Gasteiger partial charge in [-0.05, 0) is 12.2 Å².